The standard InChI is InChI=1S/C15H11BrClNO2/c16-12(7-9-2-1-3-11(17)6-9)10-4-5-13-14(8-10)20-15(19)18-13/h1-6,8,12H,7H2,(H,18,19). The van der Waals surface area contributed by atoms with Gasteiger partial charge in [0, 0.05) is 9.85 Å². The summed E-state index contributed by atoms with van der Waals surface area (Å²) in [6, 6.07) is 13.5. The SMILES string of the molecule is O=c1[nH]c2ccc(C(Br)Cc3cccc(Cl)c3)cc2o1. The summed E-state index contributed by atoms with van der Waals surface area (Å²) >= 11 is 9.65. The molecule has 5 heteroatoms. The highest BCUT2D eigenvalue weighted by atomic mass is 79.9. The lowest BCUT2D eigenvalue weighted by Crippen LogP contribution is -1.95. The molecule has 1 atom stereocenters. The lowest BCUT2D eigenvalue weighted by Gasteiger charge is -2.10. The first-order chi connectivity index (χ1) is 9.61. The minimum atomic E-state index is -0.432. The molecule has 0 aliphatic carbocycles. The molecule has 1 aromatic heterocycles. The summed E-state index contributed by atoms with van der Waals surface area (Å²) in [4.78, 5) is 13.9. The minimum absolute atomic E-state index is 0.130. The smallest absolute Gasteiger partial charge is 0.408 e. The van der Waals surface area contributed by atoms with Crippen molar-refractivity contribution >= 4 is 38.6 Å². The van der Waals surface area contributed by atoms with Crippen LogP contribution in [0.5, 0.6) is 0 Å². The van der Waals surface area contributed by atoms with Crippen LogP contribution in [-0.2, 0) is 6.42 Å². The van der Waals surface area contributed by atoms with Gasteiger partial charge in [0.15, 0.2) is 5.58 Å². The van der Waals surface area contributed by atoms with E-state index in [0.29, 0.717) is 11.1 Å². The molecule has 3 nitrogen and oxygen atoms in total. The predicted molar refractivity (Wildman–Crippen MR) is 83.7 cm³/mol. The van der Waals surface area contributed by atoms with E-state index in [-0.39, 0.29) is 4.83 Å². The van der Waals surface area contributed by atoms with E-state index in [0.717, 1.165) is 22.6 Å². The van der Waals surface area contributed by atoms with Gasteiger partial charge in [-0.2, -0.15) is 0 Å². The Labute approximate surface area is 128 Å². The van der Waals surface area contributed by atoms with Crippen LogP contribution in [0, 0.1) is 0 Å². The van der Waals surface area contributed by atoms with E-state index >= 15 is 0 Å². The predicted octanol–water partition coefficient (Wildman–Crippen LogP) is 4.45. The van der Waals surface area contributed by atoms with Crippen molar-refractivity contribution in [3.8, 4) is 0 Å². The molecule has 0 bridgehead atoms. The van der Waals surface area contributed by atoms with Crippen LogP contribution in [0.4, 0.5) is 0 Å². The first-order valence-electron chi connectivity index (χ1n) is 6.13. The summed E-state index contributed by atoms with van der Waals surface area (Å²) in [7, 11) is 0. The molecular formula is C15H11BrClNO2. The quantitative estimate of drug-likeness (QED) is 0.708. The molecule has 0 radical (unpaired) electrons. The Kier molecular flexibility index (Phi) is 3.68. The fraction of sp³-hybridized carbons (Fsp3) is 0.133. The molecule has 3 rings (SSSR count). The number of oxazole rings is 1. The topological polar surface area (TPSA) is 46.0 Å². The first kappa shape index (κ1) is 13.5. The van der Waals surface area contributed by atoms with Gasteiger partial charge < -0.3 is 4.42 Å². The van der Waals surface area contributed by atoms with Crippen LogP contribution >= 0.6 is 27.5 Å². The molecule has 1 unspecified atom stereocenters. The number of hydrogen-bond donors (Lipinski definition) is 1. The van der Waals surface area contributed by atoms with Crippen molar-refractivity contribution in [2.75, 3.05) is 0 Å². The van der Waals surface area contributed by atoms with Gasteiger partial charge in [0.1, 0.15) is 0 Å². The maximum absolute atomic E-state index is 11.1. The number of aromatic nitrogens is 1. The van der Waals surface area contributed by atoms with Gasteiger partial charge in [-0.1, -0.05) is 45.7 Å². The van der Waals surface area contributed by atoms with E-state index in [4.69, 9.17) is 16.0 Å². The van der Waals surface area contributed by atoms with E-state index in [1.54, 1.807) is 0 Å². The summed E-state index contributed by atoms with van der Waals surface area (Å²) < 4.78 is 5.07. The van der Waals surface area contributed by atoms with Crippen molar-refractivity contribution in [1.82, 2.24) is 4.98 Å². The maximum atomic E-state index is 11.1. The van der Waals surface area contributed by atoms with Gasteiger partial charge >= 0.3 is 5.76 Å². The molecule has 0 amide bonds. The van der Waals surface area contributed by atoms with Gasteiger partial charge in [-0.3, -0.25) is 4.98 Å². The number of hydrogen-bond acceptors (Lipinski definition) is 2. The van der Waals surface area contributed by atoms with Gasteiger partial charge in [0.05, 0.1) is 5.52 Å². The number of fused-ring (bicyclic) bond motifs is 1. The fourth-order valence-corrected chi connectivity index (χ4v) is 3.02. The van der Waals surface area contributed by atoms with Crippen LogP contribution in [0.25, 0.3) is 11.1 Å². The number of aromatic amines is 1. The Bertz CT molecular complexity index is 809. The maximum Gasteiger partial charge on any atom is 0.417 e. The van der Waals surface area contributed by atoms with Gasteiger partial charge in [0.25, 0.3) is 0 Å². The highest BCUT2D eigenvalue weighted by molar-refractivity contribution is 9.09. The highest BCUT2D eigenvalue weighted by Gasteiger charge is 2.11. The van der Waals surface area contributed by atoms with Gasteiger partial charge in [-0.05, 0) is 41.8 Å². The third kappa shape index (κ3) is 2.81. The van der Waals surface area contributed by atoms with E-state index in [1.165, 1.54) is 0 Å². The number of nitrogens with one attached hydrogen (secondary N) is 1. The van der Waals surface area contributed by atoms with Crippen LogP contribution < -0.4 is 5.76 Å². The first-order valence-corrected chi connectivity index (χ1v) is 7.42. The van der Waals surface area contributed by atoms with Crippen molar-refractivity contribution in [3.05, 3.63) is 69.2 Å². The Hall–Kier alpha value is -1.52. The lowest BCUT2D eigenvalue weighted by molar-refractivity contribution is 0.555. The molecule has 0 fully saturated rings. The molecular weight excluding hydrogens is 342 g/mol. The van der Waals surface area contributed by atoms with Crippen LogP contribution in [0.3, 0.4) is 0 Å². The monoisotopic (exact) mass is 351 g/mol. The Morgan fingerprint density at radius 2 is 2.10 bits per heavy atom. The Morgan fingerprint density at radius 1 is 1.25 bits per heavy atom. The molecule has 1 N–H and O–H groups in total. The van der Waals surface area contributed by atoms with E-state index in [9.17, 15) is 4.79 Å². The average molecular weight is 353 g/mol. The Morgan fingerprint density at radius 3 is 2.90 bits per heavy atom. The molecule has 3 aromatic rings. The normalized spacial score (nSPS) is 12.7. The van der Waals surface area contributed by atoms with Crippen molar-refractivity contribution in [3.63, 3.8) is 0 Å². The number of benzene rings is 2. The van der Waals surface area contributed by atoms with Crippen molar-refractivity contribution in [2.45, 2.75) is 11.2 Å². The number of rotatable bonds is 3. The zero-order valence-electron chi connectivity index (χ0n) is 10.4. The zero-order chi connectivity index (χ0) is 14.1. The summed E-state index contributed by atoms with van der Waals surface area (Å²) in [6.07, 6.45) is 0.806. The largest absolute Gasteiger partial charge is 0.417 e. The summed E-state index contributed by atoms with van der Waals surface area (Å²) in [5, 5.41) is 0.731. The molecule has 0 saturated carbocycles. The zero-order valence-corrected chi connectivity index (χ0v) is 12.7. The van der Waals surface area contributed by atoms with Gasteiger partial charge in [-0.15, -0.1) is 0 Å². The molecule has 102 valence electrons. The summed E-state index contributed by atoms with van der Waals surface area (Å²) in [5.74, 6) is -0.432. The number of H-pyrrole nitrogens is 1. The highest BCUT2D eigenvalue weighted by Crippen LogP contribution is 2.29. The molecule has 0 aliphatic rings. The summed E-state index contributed by atoms with van der Waals surface area (Å²) in [5.41, 5.74) is 3.49. The van der Waals surface area contributed by atoms with Gasteiger partial charge in [-0.25, -0.2) is 4.79 Å². The van der Waals surface area contributed by atoms with Crippen LogP contribution in [-0.4, -0.2) is 4.98 Å². The molecule has 1 heterocycles. The third-order valence-corrected chi connectivity index (χ3v) is 4.20. The Balaban J connectivity index is 1.88. The van der Waals surface area contributed by atoms with Crippen molar-refractivity contribution in [1.29, 1.82) is 0 Å². The average Bonchev–Trinajstić information content (AvgIpc) is 2.77. The molecule has 0 spiro atoms. The second kappa shape index (κ2) is 5.46. The van der Waals surface area contributed by atoms with Gasteiger partial charge in [0.2, 0.25) is 0 Å². The van der Waals surface area contributed by atoms with Crippen LogP contribution in [0.1, 0.15) is 16.0 Å². The molecule has 0 saturated heterocycles. The van der Waals surface area contributed by atoms with Crippen molar-refractivity contribution in [2.24, 2.45) is 0 Å². The second-order valence-electron chi connectivity index (χ2n) is 4.57. The molecule has 20 heavy (non-hydrogen) atoms. The molecule has 2 aromatic carbocycles. The van der Waals surface area contributed by atoms with Crippen LogP contribution in [0.2, 0.25) is 5.02 Å². The fourth-order valence-electron chi connectivity index (χ4n) is 2.15. The summed E-state index contributed by atoms with van der Waals surface area (Å²) in [6.45, 7) is 0. The molecule has 0 aliphatic heterocycles. The van der Waals surface area contributed by atoms with E-state index < -0.39 is 5.76 Å². The van der Waals surface area contributed by atoms with E-state index in [2.05, 4.69) is 20.9 Å². The lowest BCUT2D eigenvalue weighted by atomic mass is 10.0. The number of alkyl halides is 1. The third-order valence-electron chi connectivity index (χ3n) is 3.11. The minimum Gasteiger partial charge on any atom is -0.408 e. The number of halogens is 2. The second-order valence-corrected chi connectivity index (χ2v) is 6.11. The van der Waals surface area contributed by atoms with Crippen LogP contribution in [0.15, 0.2) is 51.7 Å². The van der Waals surface area contributed by atoms with Crippen molar-refractivity contribution < 1.29 is 4.42 Å². The van der Waals surface area contributed by atoms with E-state index in [1.807, 2.05) is 42.5 Å².